The number of nitro benzene ring substituents is 1. The van der Waals surface area contributed by atoms with Gasteiger partial charge in [0.25, 0.3) is 11.6 Å². The van der Waals surface area contributed by atoms with Gasteiger partial charge in [-0.3, -0.25) is 19.7 Å². The molecule has 0 saturated heterocycles. The van der Waals surface area contributed by atoms with Gasteiger partial charge in [0.05, 0.1) is 9.82 Å². The molecule has 2 aromatic rings. The van der Waals surface area contributed by atoms with Crippen molar-refractivity contribution in [1.82, 2.24) is 0 Å². The van der Waals surface area contributed by atoms with E-state index in [2.05, 4.69) is 5.32 Å². The number of sulfone groups is 1. The van der Waals surface area contributed by atoms with Crippen molar-refractivity contribution in [2.75, 3.05) is 11.9 Å². The lowest BCUT2D eigenvalue weighted by Crippen LogP contribution is -2.31. The molecule has 10 heteroatoms. The van der Waals surface area contributed by atoms with Crippen LogP contribution in [0.3, 0.4) is 0 Å². The van der Waals surface area contributed by atoms with E-state index in [1.165, 1.54) is 0 Å². The molecule has 2 rings (SSSR count). The number of nitro groups is 1. The molecule has 1 atom stereocenters. The fourth-order valence-electron chi connectivity index (χ4n) is 2.18. The molecule has 0 fully saturated rings. The van der Waals surface area contributed by atoms with Crippen LogP contribution in [-0.2, 0) is 24.2 Å². The molecule has 0 aliphatic heterocycles. The number of carbonyl (C=O) groups excluding carboxylic acids is 2. The van der Waals surface area contributed by atoms with Crippen LogP contribution in [0, 0.1) is 17.0 Å². The molecule has 0 heterocycles. The molecule has 0 unspecified atom stereocenters. The van der Waals surface area contributed by atoms with Crippen LogP contribution in [0.1, 0.15) is 12.5 Å². The van der Waals surface area contributed by atoms with Gasteiger partial charge in [-0.05, 0) is 38.1 Å². The summed E-state index contributed by atoms with van der Waals surface area (Å²) < 4.78 is 29.7. The summed E-state index contributed by atoms with van der Waals surface area (Å²) in [6.07, 6.45) is 0. The van der Waals surface area contributed by atoms with Gasteiger partial charge in [0.2, 0.25) is 0 Å². The smallest absolute Gasteiger partial charge is 0.324 e. The van der Waals surface area contributed by atoms with Gasteiger partial charge < -0.3 is 10.1 Å². The number of anilines is 1. The highest BCUT2D eigenvalue weighted by Crippen LogP contribution is 2.20. The Morgan fingerprint density at radius 1 is 1.11 bits per heavy atom. The second-order valence-electron chi connectivity index (χ2n) is 5.96. The van der Waals surface area contributed by atoms with Gasteiger partial charge in [0.15, 0.2) is 21.7 Å². The Labute approximate surface area is 161 Å². The minimum absolute atomic E-state index is 0.258. The number of hydrogen-bond acceptors (Lipinski definition) is 7. The number of hydrogen-bond donors (Lipinski definition) is 1. The summed E-state index contributed by atoms with van der Waals surface area (Å²) in [4.78, 5) is 33.6. The Balaban J connectivity index is 1.97. The number of nitrogens with one attached hydrogen (secondary N) is 1. The summed E-state index contributed by atoms with van der Waals surface area (Å²) in [6.45, 7) is 2.37. The summed E-state index contributed by atoms with van der Waals surface area (Å²) in [5.41, 5.74) is 1.25. The molecule has 0 spiro atoms. The highest BCUT2D eigenvalue weighted by Gasteiger charge is 2.31. The predicted molar refractivity (Wildman–Crippen MR) is 101 cm³/mol. The van der Waals surface area contributed by atoms with Crippen LogP contribution < -0.4 is 5.32 Å². The average molecular weight is 406 g/mol. The molecule has 2 aromatic carbocycles. The Kier molecular flexibility index (Phi) is 6.47. The van der Waals surface area contributed by atoms with E-state index < -0.39 is 38.5 Å². The lowest BCUT2D eigenvalue weighted by atomic mass is 10.2. The van der Waals surface area contributed by atoms with Crippen molar-refractivity contribution in [2.24, 2.45) is 0 Å². The second-order valence-corrected chi connectivity index (χ2v) is 8.23. The number of amides is 1. The number of esters is 1. The highest BCUT2D eigenvalue weighted by molar-refractivity contribution is 7.92. The SMILES string of the molecule is Cc1ccc(NC(=O)COC(=O)[C@H](C)S(=O)(=O)c2ccc([N+](=O)[O-])cc2)cc1. The molecule has 9 nitrogen and oxygen atoms in total. The molecule has 0 bridgehead atoms. The van der Waals surface area contributed by atoms with Gasteiger partial charge in [-0.2, -0.15) is 0 Å². The molecule has 0 aromatic heterocycles. The molecule has 0 aliphatic rings. The number of benzene rings is 2. The molecule has 1 amide bonds. The monoisotopic (exact) mass is 406 g/mol. The van der Waals surface area contributed by atoms with E-state index in [4.69, 9.17) is 4.74 Å². The van der Waals surface area contributed by atoms with Crippen molar-refractivity contribution in [1.29, 1.82) is 0 Å². The zero-order valence-corrected chi connectivity index (χ0v) is 15.9. The fraction of sp³-hybridized carbons (Fsp3) is 0.222. The van der Waals surface area contributed by atoms with Gasteiger partial charge >= 0.3 is 5.97 Å². The zero-order chi connectivity index (χ0) is 20.9. The number of ether oxygens (including phenoxy) is 1. The summed E-state index contributed by atoms with van der Waals surface area (Å²) in [5.74, 6) is -1.71. The van der Waals surface area contributed by atoms with E-state index in [0.717, 1.165) is 36.8 Å². The summed E-state index contributed by atoms with van der Waals surface area (Å²) in [6, 6.07) is 11.1. The minimum atomic E-state index is -4.12. The maximum Gasteiger partial charge on any atom is 0.324 e. The first-order valence-corrected chi connectivity index (χ1v) is 9.67. The summed E-state index contributed by atoms with van der Waals surface area (Å²) in [5, 5.41) is 11.6. The van der Waals surface area contributed by atoms with E-state index >= 15 is 0 Å². The van der Waals surface area contributed by atoms with Crippen molar-refractivity contribution >= 4 is 33.1 Å². The largest absolute Gasteiger partial charge is 0.455 e. The maximum absolute atomic E-state index is 12.5. The Hall–Kier alpha value is -3.27. The normalized spacial score (nSPS) is 12.1. The average Bonchev–Trinajstić information content (AvgIpc) is 2.67. The molecular formula is C18H18N2O7S. The number of carbonyl (C=O) groups is 2. The van der Waals surface area contributed by atoms with Crippen molar-refractivity contribution in [3.8, 4) is 0 Å². The number of aryl methyl sites for hydroxylation is 1. The lowest BCUT2D eigenvalue weighted by molar-refractivity contribution is -0.384. The highest BCUT2D eigenvalue weighted by atomic mass is 32.2. The summed E-state index contributed by atoms with van der Waals surface area (Å²) in [7, 11) is -4.12. The molecule has 28 heavy (non-hydrogen) atoms. The first kappa shape index (κ1) is 21.0. The Morgan fingerprint density at radius 2 is 1.68 bits per heavy atom. The topological polar surface area (TPSA) is 133 Å². The van der Waals surface area contributed by atoms with Crippen molar-refractivity contribution in [3.63, 3.8) is 0 Å². The second kappa shape index (κ2) is 8.61. The van der Waals surface area contributed by atoms with Crippen LogP contribution in [0.5, 0.6) is 0 Å². The van der Waals surface area contributed by atoms with E-state index in [-0.39, 0.29) is 10.6 Å². The van der Waals surface area contributed by atoms with Crippen LogP contribution in [0.2, 0.25) is 0 Å². The van der Waals surface area contributed by atoms with Gasteiger partial charge in [-0.1, -0.05) is 17.7 Å². The van der Waals surface area contributed by atoms with Gasteiger partial charge in [0, 0.05) is 17.8 Å². The molecule has 1 N–H and O–H groups in total. The van der Waals surface area contributed by atoms with E-state index in [9.17, 15) is 28.1 Å². The van der Waals surface area contributed by atoms with Crippen molar-refractivity contribution in [3.05, 3.63) is 64.2 Å². The van der Waals surface area contributed by atoms with Crippen molar-refractivity contribution in [2.45, 2.75) is 24.0 Å². The van der Waals surface area contributed by atoms with E-state index in [1.807, 2.05) is 6.92 Å². The van der Waals surface area contributed by atoms with E-state index in [0.29, 0.717) is 5.69 Å². The first-order valence-electron chi connectivity index (χ1n) is 8.13. The third kappa shape index (κ3) is 5.13. The number of non-ortho nitro benzene ring substituents is 1. The molecule has 0 radical (unpaired) electrons. The van der Waals surface area contributed by atoms with Crippen LogP contribution in [0.25, 0.3) is 0 Å². The van der Waals surface area contributed by atoms with Crippen LogP contribution in [0.4, 0.5) is 11.4 Å². The number of nitrogens with zero attached hydrogens (tertiary/aromatic N) is 1. The third-order valence-corrected chi connectivity index (χ3v) is 5.91. The van der Waals surface area contributed by atoms with Crippen LogP contribution in [0.15, 0.2) is 53.4 Å². The third-order valence-electron chi connectivity index (χ3n) is 3.85. The van der Waals surface area contributed by atoms with Crippen molar-refractivity contribution < 1.29 is 27.7 Å². The minimum Gasteiger partial charge on any atom is -0.455 e. The maximum atomic E-state index is 12.5. The number of rotatable bonds is 7. The van der Waals surface area contributed by atoms with Crippen LogP contribution in [-0.4, -0.2) is 37.1 Å². The zero-order valence-electron chi connectivity index (χ0n) is 15.1. The molecule has 0 aliphatic carbocycles. The lowest BCUT2D eigenvalue weighted by Gasteiger charge is -2.13. The van der Waals surface area contributed by atoms with Crippen LogP contribution >= 0.6 is 0 Å². The van der Waals surface area contributed by atoms with Gasteiger partial charge in [0.1, 0.15) is 0 Å². The standard InChI is InChI=1S/C18H18N2O7S/c1-12-3-5-14(6-4-12)19-17(21)11-27-18(22)13(2)28(25,26)16-9-7-15(8-10-16)20(23)24/h3-10,13H,11H2,1-2H3,(H,19,21)/t13-/m0/s1. The Morgan fingerprint density at radius 3 is 2.21 bits per heavy atom. The molecular weight excluding hydrogens is 388 g/mol. The van der Waals surface area contributed by atoms with Gasteiger partial charge in [-0.25, -0.2) is 8.42 Å². The Bertz CT molecular complexity index is 984. The molecule has 0 saturated carbocycles. The first-order chi connectivity index (χ1) is 13.1. The van der Waals surface area contributed by atoms with Gasteiger partial charge in [-0.15, -0.1) is 0 Å². The fourth-order valence-corrected chi connectivity index (χ4v) is 3.42. The molecule has 148 valence electrons. The summed E-state index contributed by atoms with van der Waals surface area (Å²) >= 11 is 0. The quantitative estimate of drug-likeness (QED) is 0.423. The van der Waals surface area contributed by atoms with E-state index in [1.54, 1.807) is 24.3 Å². The predicted octanol–water partition coefficient (Wildman–Crippen LogP) is 2.25.